The minimum atomic E-state index is 0.549. The van der Waals surface area contributed by atoms with Gasteiger partial charge in [-0.15, -0.1) is 11.3 Å². The number of hydrogen-bond donors (Lipinski definition) is 0. The third kappa shape index (κ3) is 2.69. The molecular formula is C16H16N2S. The van der Waals surface area contributed by atoms with Crippen LogP contribution in [0.1, 0.15) is 36.1 Å². The van der Waals surface area contributed by atoms with Gasteiger partial charge in [0.15, 0.2) is 0 Å². The zero-order valence-electron chi connectivity index (χ0n) is 10.9. The normalized spacial score (nSPS) is 13.8. The van der Waals surface area contributed by atoms with Crippen LogP contribution in [0.25, 0.3) is 10.6 Å². The maximum absolute atomic E-state index is 8.61. The summed E-state index contributed by atoms with van der Waals surface area (Å²) in [5.74, 6) is 0. The molecule has 0 spiro atoms. The molecule has 0 unspecified atom stereocenters. The topological polar surface area (TPSA) is 36.7 Å². The zero-order valence-corrected chi connectivity index (χ0v) is 11.7. The third-order valence-corrected chi connectivity index (χ3v) is 4.58. The third-order valence-electron chi connectivity index (χ3n) is 3.64. The van der Waals surface area contributed by atoms with Crippen molar-refractivity contribution in [1.29, 1.82) is 5.26 Å². The summed E-state index contributed by atoms with van der Waals surface area (Å²) in [6.07, 6.45) is 6.37. The standard InChI is InChI=1S/C16H16N2S/c17-9-3-6-15-11-19-16(18-15)14-8-7-12-4-1-2-5-13(12)10-14/h7-8,10-11H,1-6H2. The van der Waals surface area contributed by atoms with Crippen molar-refractivity contribution in [3.63, 3.8) is 0 Å². The van der Waals surface area contributed by atoms with Gasteiger partial charge in [-0.25, -0.2) is 4.98 Å². The summed E-state index contributed by atoms with van der Waals surface area (Å²) in [5.41, 5.74) is 5.28. The van der Waals surface area contributed by atoms with Crippen LogP contribution < -0.4 is 0 Å². The first-order chi connectivity index (χ1) is 9.36. The van der Waals surface area contributed by atoms with Gasteiger partial charge in [-0.1, -0.05) is 12.1 Å². The van der Waals surface area contributed by atoms with E-state index in [2.05, 4.69) is 34.6 Å². The number of aromatic nitrogens is 1. The second-order valence-corrected chi connectivity index (χ2v) is 5.85. The van der Waals surface area contributed by atoms with Crippen LogP contribution in [0.5, 0.6) is 0 Å². The lowest BCUT2D eigenvalue weighted by atomic mass is 9.90. The van der Waals surface area contributed by atoms with Crippen LogP contribution in [0.2, 0.25) is 0 Å². The van der Waals surface area contributed by atoms with E-state index in [9.17, 15) is 0 Å². The average Bonchev–Trinajstić information content (AvgIpc) is 2.93. The molecule has 0 aliphatic heterocycles. The van der Waals surface area contributed by atoms with E-state index in [1.807, 2.05) is 0 Å². The Balaban J connectivity index is 1.85. The SMILES string of the molecule is N#CCCc1csc(-c2ccc3c(c2)CCCC3)n1. The first-order valence-corrected chi connectivity index (χ1v) is 7.68. The summed E-state index contributed by atoms with van der Waals surface area (Å²) >= 11 is 1.68. The highest BCUT2D eigenvalue weighted by Gasteiger charge is 2.11. The van der Waals surface area contributed by atoms with Gasteiger partial charge in [0.05, 0.1) is 11.8 Å². The highest BCUT2D eigenvalue weighted by atomic mass is 32.1. The Morgan fingerprint density at radius 3 is 2.89 bits per heavy atom. The second-order valence-electron chi connectivity index (χ2n) is 4.99. The fraction of sp³-hybridized carbons (Fsp3) is 0.375. The molecule has 19 heavy (non-hydrogen) atoms. The van der Waals surface area contributed by atoms with Crippen molar-refractivity contribution in [2.24, 2.45) is 0 Å². The van der Waals surface area contributed by atoms with E-state index in [0.29, 0.717) is 6.42 Å². The maximum Gasteiger partial charge on any atom is 0.123 e. The van der Waals surface area contributed by atoms with E-state index in [-0.39, 0.29) is 0 Å². The lowest BCUT2D eigenvalue weighted by Gasteiger charge is -2.15. The van der Waals surface area contributed by atoms with Crippen LogP contribution in [0.4, 0.5) is 0 Å². The lowest BCUT2D eigenvalue weighted by molar-refractivity contribution is 0.686. The fourth-order valence-electron chi connectivity index (χ4n) is 2.60. The lowest BCUT2D eigenvalue weighted by Crippen LogP contribution is -2.02. The molecule has 0 atom stereocenters. The minimum absolute atomic E-state index is 0.549. The molecule has 96 valence electrons. The van der Waals surface area contributed by atoms with Gasteiger partial charge in [0, 0.05) is 23.8 Å². The van der Waals surface area contributed by atoms with Crippen molar-refractivity contribution in [2.45, 2.75) is 38.5 Å². The molecule has 0 fully saturated rings. The van der Waals surface area contributed by atoms with Crippen molar-refractivity contribution in [1.82, 2.24) is 4.98 Å². The molecule has 0 saturated carbocycles. The molecule has 3 heteroatoms. The predicted octanol–water partition coefficient (Wildman–Crippen LogP) is 4.15. The summed E-state index contributed by atoms with van der Waals surface area (Å²) in [6, 6.07) is 8.93. The van der Waals surface area contributed by atoms with Gasteiger partial charge < -0.3 is 0 Å². The largest absolute Gasteiger partial charge is 0.241 e. The molecule has 2 aromatic rings. The number of benzene rings is 1. The van der Waals surface area contributed by atoms with Crippen LogP contribution in [0.3, 0.4) is 0 Å². The molecule has 0 saturated heterocycles. The summed E-state index contributed by atoms with van der Waals surface area (Å²) in [5, 5.41) is 11.8. The Kier molecular flexibility index (Phi) is 3.61. The maximum atomic E-state index is 8.61. The number of aryl methyl sites for hydroxylation is 3. The molecule has 0 amide bonds. The molecule has 0 bridgehead atoms. The molecular weight excluding hydrogens is 252 g/mol. The van der Waals surface area contributed by atoms with Gasteiger partial charge in [0.25, 0.3) is 0 Å². The second kappa shape index (κ2) is 5.54. The number of thiazole rings is 1. The Labute approximate surface area is 117 Å². The van der Waals surface area contributed by atoms with Gasteiger partial charge in [0.1, 0.15) is 5.01 Å². The van der Waals surface area contributed by atoms with Crippen LogP contribution in [-0.2, 0) is 19.3 Å². The summed E-state index contributed by atoms with van der Waals surface area (Å²) in [7, 11) is 0. The van der Waals surface area contributed by atoms with Gasteiger partial charge in [-0.2, -0.15) is 5.26 Å². The monoisotopic (exact) mass is 268 g/mol. The van der Waals surface area contributed by atoms with E-state index >= 15 is 0 Å². The van der Waals surface area contributed by atoms with Crippen LogP contribution in [0.15, 0.2) is 23.6 Å². The number of fused-ring (bicyclic) bond motifs is 1. The summed E-state index contributed by atoms with van der Waals surface area (Å²) in [4.78, 5) is 4.63. The quantitative estimate of drug-likeness (QED) is 0.838. The van der Waals surface area contributed by atoms with Crippen molar-refractivity contribution in [3.8, 4) is 16.6 Å². The highest BCUT2D eigenvalue weighted by molar-refractivity contribution is 7.13. The molecule has 2 nitrogen and oxygen atoms in total. The Morgan fingerprint density at radius 1 is 1.21 bits per heavy atom. The van der Waals surface area contributed by atoms with E-state index in [4.69, 9.17) is 5.26 Å². The number of nitriles is 1. The van der Waals surface area contributed by atoms with Gasteiger partial charge >= 0.3 is 0 Å². The molecule has 1 aliphatic carbocycles. The van der Waals surface area contributed by atoms with Crippen molar-refractivity contribution in [2.75, 3.05) is 0 Å². The molecule has 0 N–H and O–H groups in total. The van der Waals surface area contributed by atoms with E-state index in [0.717, 1.165) is 17.1 Å². The highest BCUT2D eigenvalue weighted by Crippen LogP contribution is 2.29. The molecule has 1 aromatic carbocycles. The average molecular weight is 268 g/mol. The minimum Gasteiger partial charge on any atom is -0.241 e. The van der Waals surface area contributed by atoms with Crippen LogP contribution >= 0.6 is 11.3 Å². The van der Waals surface area contributed by atoms with E-state index < -0.39 is 0 Å². The van der Waals surface area contributed by atoms with E-state index in [1.54, 1.807) is 11.3 Å². The number of nitrogens with zero attached hydrogens (tertiary/aromatic N) is 2. The van der Waals surface area contributed by atoms with Crippen molar-refractivity contribution in [3.05, 3.63) is 40.4 Å². The first kappa shape index (κ1) is 12.4. The van der Waals surface area contributed by atoms with Gasteiger partial charge in [0.2, 0.25) is 0 Å². The molecule has 3 rings (SSSR count). The van der Waals surface area contributed by atoms with Crippen molar-refractivity contribution >= 4 is 11.3 Å². The number of rotatable bonds is 3. The van der Waals surface area contributed by atoms with Crippen LogP contribution in [-0.4, -0.2) is 4.98 Å². The van der Waals surface area contributed by atoms with Crippen molar-refractivity contribution < 1.29 is 0 Å². The molecule has 1 aromatic heterocycles. The predicted molar refractivity (Wildman–Crippen MR) is 78.1 cm³/mol. The smallest absolute Gasteiger partial charge is 0.123 e. The van der Waals surface area contributed by atoms with Gasteiger partial charge in [-0.05, 0) is 42.9 Å². The molecule has 1 aliphatic rings. The van der Waals surface area contributed by atoms with Crippen LogP contribution in [0, 0.1) is 11.3 Å². The Hall–Kier alpha value is -1.66. The Morgan fingerprint density at radius 2 is 2.05 bits per heavy atom. The van der Waals surface area contributed by atoms with Gasteiger partial charge in [-0.3, -0.25) is 0 Å². The molecule has 1 heterocycles. The van der Waals surface area contributed by atoms with E-state index in [1.165, 1.54) is 42.4 Å². The molecule has 0 radical (unpaired) electrons. The fourth-order valence-corrected chi connectivity index (χ4v) is 3.46. The first-order valence-electron chi connectivity index (χ1n) is 6.80. The Bertz CT molecular complexity index is 622. The summed E-state index contributed by atoms with van der Waals surface area (Å²) in [6.45, 7) is 0. The summed E-state index contributed by atoms with van der Waals surface area (Å²) < 4.78 is 0. The number of hydrogen-bond acceptors (Lipinski definition) is 3. The zero-order chi connectivity index (χ0) is 13.1.